The zero-order valence-corrected chi connectivity index (χ0v) is 21.2. The molecule has 0 saturated carbocycles. The predicted octanol–water partition coefficient (Wildman–Crippen LogP) is 2.67. The van der Waals surface area contributed by atoms with Gasteiger partial charge in [-0.3, -0.25) is 30.0 Å². The molecule has 3 fully saturated rings. The first-order valence-corrected chi connectivity index (χ1v) is 12.8. The van der Waals surface area contributed by atoms with Gasteiger partial charge in [0.1, 0.15) is 5.60 Å². The molecule has 3 aliphatic heterocycles. The van der Waals surface area contributed by atoms with Crippen molar-refractivity contribution in [3.8, 4) is 0 Å². The van der Waals surface area contributed by atoms with Gasteiger partial charge in [0.05, 0.1) is 6.04 Å². The van der Waals surface area contributed by atoms with Crippen molar-refractivity contribution >= 4 is 29.3 Å². The molecule has 0 aromatic heterocycles. The van der Waals surface area contributed by atoms with Crippen molar-refractivity contribution < 1.29 is 19.1 Å². The molecule has 0 aliphatic carbocycles. The molecular formula is C26H39N5O4. The number of imide groups is 1. The van der Waals surface area contributed by atoms with Crippen LogP contribution in [0.3, 0.4) is 0 Å². The molecule has 0 spiro atoms. The lowest BCUT2D eigenvalue weighted by Crippen LogP contribution is -2.55. The van der Waals surface area contributed by atoms with Crippen LogP contribution in [-0.4, -0.2) is 85.2 Å². The van der Waals surface area contributed by atoms with Gasteiger partial charge in [-0.1, -0.05) is 0 Å². The summed E-state index contributed by atoms with van der Waals surface area (Å²) in [6.07, 6.45) is 2.86. The van der Waals surface area contributed by atoms with Gasteiger partial charge in [-0.15, -0.1) is 0 Å². The highest BCUT2D eigenvalue weighted by molar-refractivity contribution is 6.00. The van der Waals surface area contributed by atoms with E-state index in [9.17, 15) is 14.4 Å². The number of piperazine rings is 1. The minimum absolute atomic E-state index is 0.121. The molecule has 1 aromatic carbocycles. The number of ether oxygens (including phenoxy) is 1. The van der Waals surface area contributed by atoms with Crippen LogP contribution in [0.1, 0.15) is 46.5 Å². The smallest absolute Gasteiger partial charge is 0.412 e. The third-order valence-electron chi connectivity index (χ3n) is 7.07. The van der Waals surface area contributed by atoms with Crippen LogP contribution >= 0.6 is 0 Å². The fraction of sp³-hybridized carbons (Fsp3) is 0.654. The average Bonchev–Trinajstić information content (AvgIpc) is 2.80. The van der Waals surface area contributed by atoms with E-state index in [1.807, 2.05) is 45.0 Å². The van der Waals surface area contributed by atoms with E-state index in [2.05, 4.69) is 25.3 Å². The van der Waals surface area contributed by atoms with Gasteiger partial charge in [-0.2, -0.15) is 0 Å². The number of piperidine rings is 2. The molecule has 9 heteroatoms. The normalized spacial score (nSPS) is 23.2. The minimum atomic E-state index is -0.520. The maximum Gasteiger partial charge on any atom is 0.412 e. The van der Waals surface area contributed by atoms with E-state index < -0.39 is 11.7 Å². The molecule has 1 atom stereocenters. The molecule has 2 N–H and O–H groups in total. The van der Waals surface area contributed by atoms with Crippen molar-refractivity contribution in [1.82, 2.24) is 15.1 Å². The summed E-state index contributed by atoms with van der Waals surface area (Å²) in [7, 11) is 0. The Hall–Kier alpha value is -2.65. The Morgan fingerprint density at radius 3 is 2.26 bits per heavy atom. The van der Waals surface area contributed by atoms with Crippen LogP contribution in [0, 0.1) is 5.92 Å². The molecule has 192 valence electrons. The van der Waals surface area contributed by atoms with Crippen LogP contribution in [-0.2, 0) is 14.3 Å². The van der Waals surface area contributed by atoms with Gasteiger partial charge >= 0.3 is 6.09 Å². The van der Waals surface area contributed by atoms with E-state index in [-0.39, 0.29) is 17.9 Å². The van der Waals surface area contributed by atoms with Gasteiger partial charge in [0.15, 0.2) is 0 Å². The van der Waals surface area contributed by atoms with E-state index in [4.69, 9.17) is 4.74 Å². The number of nitrogens with zero attached hydrogens (tertiary/aromatic N) is 3. The first-order valence-electron chi connectivity index (χ1n) is 12.8. The number of hydrogen-bond donors (Lipinski definition) is 2. The van der Waals surface area contributed by atoms with Crippen LogP contribution in [0.4, 0.5) is 16.2 Å². The summed E-state index contributed by atoms with van der Waals surface area (Å²) in [6, 6.07) is 7.80. The lowest BCUT2D eigenvalue weighted by Gasteiger charge is -2.41. The van der Waals surface area contributed by atoms with Crippen LogP contribution in [0.15, 0.2) is 24.3 Å². The largest absolute Gasteiger partial charge is 0.444 e. The second-order valence-corrected chi connectivity index (χ2v) is 10.9. The first kappa shape index (κ1) is 25.4. The molecule has 1 aromatic rings. The first-order chi connectivity index (χ1) is 16.7. The molecule has 3 heterocycles. The number of benzene rings is 1. The molecule has 3 amide bonds. The van der Waals surface area contributed by atoms with Crippen molar-refractivity contribution in [1.29, 1.82) is 0 Å². The number of carbonyl (C=O) groups excluding carboxylic acids is 3. The van der Waals surface area contributed by atoms with E-state index in [0.717, 1.165) is 70.0 Å². The summed E-state index contributed by atoms with van der Waals surface area (Å²) in [5, 5.41) is 5.26. The predicted molar refractivity (Wildman–Crippen MR) is 135 cm³/mol. The van der Waals surface area contributed by atoms with Gasteiger partial charge < -0.3 is 9.64 Å². The molecule has 3 aliphatic rings. The van der Waals surface area contributed by atoms with E-state index in [1.54, 1.807) is 0 Å². The fourth-order valence-electron chi connectivity index (χ4n) is 5.21. The Bertz CT molecular complexity index is 897. The number of amides is 3. The van der Waals surface area contributed by atoms with E-state index in [1.165, 1.54) is 0 Å². The molecule has 3 saturated heterocycles. The molecule has 9 nitrogen and oxygen atoms in total. The second-order valence-electron chi connectivity index (χ2n) is 10.9. The lowest BCUT2D eigenvalue weighted by atomic mass is 9.93. The van der Waals surface area contributed by atoms with Crippen molar-refractivity contribution in [3.63, 3.8) is 0 Å². The number of rotatable bonds is 5. The Morgan fingerprint density at radius 1 is 1.00 bits per heavy atom. The number of hydrogen-bond acceptors (Lipinski definition) is 7. The molecule has 0 radical (unpaired) electrons. The number of anilines is 2. The van der Waals surface area contributed by atoms with Gasteiger partial charge in [0.25, 0.3) is 0 Å². The Morgan fingerprint density at radius 2 is 1.66 bits per heavy atom. The monoisotopic (exact) mass is 485 g/mol. The van der Waals surface area contributed by atoms with E-state index >= 15 is 0 Å². The minimum Gasteiger partial charge on any atom is -0.444 e. The summed E-state index contributed by atoms with van der Waals surface area (Å²) in [6.45, 7) is 12.5. The highest BCUT2D eigenvalue weighted by atomic mass is 16.6. The third-order valence-corrected chi connectivity index (χ3v) is 7.07. The number of carbonyl (C=O) groups is 3. The summed E-state index contributed by atoms with van der Waals surface area (Å²) in [4.78, 5) is 42.7. The Labute approximate surface area is 208 Å². The van der Waals surface area contributed by atoms with Gasteiger partial charge in [-0.25, -0.2) is 4.79 Å². The highest BCUT2D eigenvalue weighted by Gasteiger charge is 2.34. The fourth-order valence-corrected chi connectivity index (χ4v) is 5.21. The lowest BCUT2D eigenvalue weighted by molar-refractivity contribution is -0.138. The second kappa shape index (κ2) is 11.0. The molecule has 35 heavy (non-hydrogen) atoms. The van der Waals surface area contributed by atoms with E-state index in [0.29, 0.717) is 18.8 Å². The van der Waals surface area contributed by atoms with Crippen molar-refractivity contribution in [2.24, 2.45) is 5.92 Å². The van der Waals surface area contributed by atoms with Gasteiger partial charge in [0.2, 0.25) is 11.8 Å². The highest BCUT2D eigenvalue weighted by Crippen LogP contribution is 2.25. The Kier molecular flexibility index (Phi) is 7.96. The van der Waals surface area contributed by atoms with Crippen LogP contribution in [0.25, 0.3) is 0 Å². The summed E-state index contributed by atoms with van der Waals surface area (Å²) < 4.78 is 5.31. The SMILES string of the molecule is CC(C)(C)OC(=O)Nc1ccc(N2CCN(CC3CCN(C4CCC(=O)NC4=O)CC3)CC2)cc1. The van der Waals surface area contributed by atoms with Crippen molar-refractivity contribution in [2.75, 3.05) is 56.0 Å². The maximum atomic E-state index is 12.2. The summed E-state index contributed by atoms with van der Waals surface area (Å²) in [5.74, 6) is 0.391. The third kappa shape index (κ3) is 7.18. The molecule has 4 rings (SSSR count). The number of nitrogens with one attached hydrogen (secondary N) is 2. The van der Waals surface area contributed by atoms with Crippen molar-refractivity contribution in [2.45, 2.75) is 58.1 Å². The zero-order valence-electron chi connectivity index (χ0n) is 21.2. The number of likely N-dealkylation sites (tertiary alicyclic amines) is 1. The summed E-state index contributed by atoms with van der Waals surface area (Å²) >= 11 is 0. The molecular weight excluding hydrogens is 446 g/mol. The van der Waals surface area contributed by atoms with Crippen LogP contribution < -0.4 is 15.5 Å². The maximum absolute atomic E-state index is 12.2. The van der Waals surface area contributed by atoms with Gasteiger partial charge in [-0.05, 0) is 83.3 Å². The molecule has 0 bridgehead atoms. The quantitative estimate of drug-likeness (QED) is 0.620. The van der Waals surface area contributed by atoms with Crippen LogP contribution in [0.2, 0.25) is 0 Å². The Balaban J connectivity index is 1.17. The standard InChI is InChI=1S/C26H39N5O4/c1-26(2,3)35-25(34)27-20-4-6-21(7-5-20)30-16-14-29(15-17-30)18-19-10-12-31(13-11-19)22-8-9-23(32)28-24(22)33/h4-7,19,22H,8-18H2,1-3H3,(H,27,34)(H,28,32,33). The zero-order chi connectivity index (χ0) is 25.0. The average molecular weight is 486 g/mol. The summed E-state index contributed by atoms with van der Waals surface area (Å²) in [5.41, 5.74) is 1.37. The molecule has 1 unspecified atom stereocenters. The topological polar surface area (TPSA) is 94.2 Å². The van der Waals surface area contributed by atoms with Gasteiger partial charge in [0, 0.05) is 50.5 Å². The van der Waals surface area contributed by atoms with Crippen molar-refractivity contribution in [3.05, 3.63) is 24.3 Å². The van der Waals surface area contributed by atoms with Crippen LogP contribution in [0.5, 0.6) is 0 Å².